The van der Waals surface area contributed by atoms with Crippen LogP contribution in [0.1, 0.15) is 49.4 Å². The van der Waals surface area contributed by atoms with Crippen LogP contribution in [0.2, 0.25) is 0 Å². The highest BCUT2D eigenvalue weighted by Gasteiger charge is 2.35. The fourth-order valence-corrected chi connectivity index (χ4v) is 3.43. The Kier molecular flexibility index (Phi) is 5.31. The Balaban J connectivity index is 1.71. The third-order valence-corrected chi connectivity index (χ3v) is 5.02. The summed E-state index contributed by atoms with van der Waals surface area (Å²) in [4.78, 5) is 24.9. The second kappa shape index (κ2) is 7.67. The number of ether oxygens (including phenoxy) is 1. The van der Waals surface area contributed by atoms with Crippen molar-refractivity contribution >= 4 is 22.6 Å². The smallest absolute Gasteiger partial charge is 0.342 e. The quantitative estimate of drug-likeness (QED) is 0.808. The molecule has 0 saturated heterocycles. The molecule has 1 atom stereocenters. The lowest BCUT2D eigenvalue weighted by molar-refractivity contribution is -0.130. The predicted octanol–water partition coefficient (Wildman–Crippen LogP) is 3.43. The second-order valence-corrected chi connectivity index (χ2v) is 7.01. The lowest BCUT2D eigenvalue weighted by atomic mass is 9.83. The first-order chi connectivity index (χ1) is 12.9. The minimum Gasteiger partial charge on any atom is -0.507 e. The van der Waals surface area contributed by atoms with Crippen LogP contribution >= 0.6 is 0 Å². The first-order valence-electron chi connectivity index (χ1n) is 9.10. The maximum Gasteiger partial charge on any atom is 0.342 e. The number of nitrogens with one attached hydrogen (secondary N) is 1. The van der Waals surface area contributed by atoms with E-state index in [0.717, 1.165) is 30.0 Å². The molecule has 1 aliphatic carbocycles. The number of aromatic hydroxyl groups is 1. The molecule has 0 unspecified atom stereocenters. The number of phenols is 1. The lowest BCUT2D eigenvalue weighted by Gasteiger charge is -2.32. The molecule has 2 aromatic carbocycles. The molecule has 27 heavy (non-hydrogen) atoms. The van der Waals surface area contributed by atoms with Crippen molar-refractivity contribution in [2.45, 2.75) is 50.7 Å². The number of nitrogens with zero attached hydrogens (tertiary/aromatic N) is 1. The van der Waals surface area contributed by atoms with Crippen LogP contribution in [-0.2, 0) is 9.53 Å². The van der Waals surface area contributed by atoms with E-state index in [1.54, 1.807) is 0 Å². The van der Waals surface area contributed by atoms with E-state index >= 15 is 0 Å². The number of amides is 1. The number of hydrogen-bond donors (Lipinski definition) is 2. The van der Waals surface area contributed by atoms with Crippen LogP contribution in [0.3, 0.4) is 0 Å². The first kappa shape index (κ1) is 18.7. The van der Waals surface area contributed by atoms with Crippen LogP contribution in [0.5, 0.6) is 5.75 Å². The Morgan fingerprint density at radius 3 is 2.44 bits per heavy atom. The number of nitriles is 1. The first-order valence-corrected chi connectivity index (χ1v) is 9.10. The molecular formula is C21H22N2O4. The van der Waals surface area contributed by atoms with Gasteiger partial charge in [0, 0.05) is 0 Å². The number of hydrogen-bond acceptors (Lipinski definition) is 5. The van der Waals surface area contributed by atoms with Crippen LogP contribution in [0, 0.1) is 11.3 Å². The zero-order valence-corrected chi connectivity index (χ0v) is 15.2. The summed E-state index contributed by atoms with van der Waals surface area (Å²) in [7, 11) is 0. The summed E-state index contributed by atoms with van der Waals surface area (Å²) >= 11 is 0. The van der Waals surface area contributed by atoms with Gasteiger partial charge >= 0.3 is 5.97 Å². The summed E-state index contributed by atoms with van der Waals surface area (Å²) < 4.78 is 5.24. The average molecular weight is 366 g/mol. The van der Waals surface area contributed by atoms with Gasteiger partial charge in [0.2, 0.25) is 0 Å². The van der Waals surface area contributed by atoms with Crippen molar-refractivity contribution in [3.8, 4) is 11.8 Å². The van der Waals surface area contributed by atoms with Crippen molar-refractivity contribution in [2.24, 2.45) is 0 Å². The summed E-state index contributed by atoms with van der Waals surface area (Å²) in [6, 6.07) is 12.5. The third-order valence-electron chi connectivity index (χ3n) is 5.02. The van der Waals surface area contributed by atoms with E-state index in [1.807, 2.05) is 24.3 Å². The third kappa shape index (κ3) is 4.03. The number of esters is 1. The van der Waals surface area contributed by atoms with Crippen molar-refractivity contribution in [1.82, 2.24) is 5.32 Å². The van der Waals surface area contributed by atoms with Crippen molar-refractivity contribution in [3.63, 3.8) is 0 Å². The van der Waals surface area contributed by atoms with Crippen molar-refractivity contribution in [1.29, 1.82) is 5.26 Å². The zero-order chi connectivity index (χ0) is 19.4. The summed E-state index contributed by atoms with van der Waals surface area (Å²) in [5.74, 6) is -1.49. The van der Waals surface area contributed by atoms with Gasteiger partial charge in [0.1, 0.15) is 16.9 Å². The number of carbonyl (C=O) groups is 2. The van der Waals surface area contributed by atoms with Crippen LogP contribution in [-0.4, -0.2) is 28.6 Å². The number of rotatable bonds is 4. The number of benzene rings is 2. The molecule has 2 aromatic rings. The van der Waals surface area contributed by atoms with Crippen molar-refractivity contribution < 1.29 is 19.4 Å². The molecule has 0 bridgehead atoms. The Hall–Kier alpha value is -3.07. The molecule has 0 aromatic heterocycles. The largest absolute Gasteiger partial charge is 0.507 e. The number of phenolic OH excluding ortho intramolecular Hbond substituents is 1. The Bertz CT molecular complexity index is 910. The van der Waals surface area contributed by atoms with E-state index < -0.39 is 23.5 Å². The fraction of sp³-hybridized carbons (Fsp3) is 0.381. The van der Waals surface area contributed by atoms with E-state index in [-0.39, 0.29) is 11.3 Å². The summed E-state index contributed by atoms with van der Waals surface area (Å²) in [6.07, 6.45) is 2.93. The summed E-state index contributed by atoms with van der Waals surface area (Å²) in [5.41, 5.74) is -0.887. The highest BCUT2D eigenvalue weighted by molar-refractivity contribution is 5.99. The van der Waals surface area contributed by atoms with Gasteiger partial charge in [0.25, 0.3) is 5.91 Å². The van der Waals surface area contributed by atoms with Gasteiger partial charge in [0.05, 0.1) is 6.07 Å². The standard InChI is InChI=1S/C21H22N2O4/c1-14(19(25)23-21(13-22)9-5-2-6-10-21)27-20(26)17-11-15-7-3-4-8-16(15)12-18(17)24/h3-4,7-8,11-12,14,24H,2,5-6,9-10H2,1H3,(H,23,25)/t14-/m0/s1. The zero-order valence-electron chi connectivity index (χ0n) is 15.2. The molecule has 0 heterocycles. The Morgan fingerprint density at radius 2 is 1.81 bits per heavy atom. The molecule has 6 nitrogen and oxygen atoms in total. The van der Waals surface area contributed by atoms with Crippen molar-refractivity contribution in [3.05, 3.63) is 42.0 Å². The Labute approximate surface area is 157 Å². The minimum atomic E-state index is -1.07. The summed E-state index contributed by atoms with van der Waals surface area (Å²) in [5, 5.41) is 23.9. The minimum absolute atomic E-state index is 0.000938. The van der Waals surface area contributed by atoms with Gasteiger partial charge < -0.3 is 15.2 Å². The van der Waals surface area contributed by atoms with Gasteiger partial charge in [-0.05, 0) is 42.7 Å². The highest BCUT2D eigenvalue weighted by atomic mass is 16.5. The van der Waals surface area contributed by atoms with Gasteiger partial charge in [-0.3, -0.25) is 4.79 Å². The molecule has 1 saturated carbocycles. The van der Waals surface area contributed by atoms with E-state index in [9.17, 15) is 20.0 Å². The van der Waals surface area contributed by atoms with Gasteiger partial charge in [-0.1, -0.05) is 43.5 Å². The fourth-order valence-electron chi connectivity index (χ4n) is 3.43. The van der Waals surface area contributed by atoms with Crippen molar-refractivity contribution in [2.75, 3.05) is 0 Å². The maximum atomic E-state index is 12.4. The van der Waals surface area contributed by atoms with Crippen LogP contribution in [0.15, 0.2) is 36.4 Å². The van der Waals surface area contributed by atoms with Gasteiger partial charge in [0.15, 0.2) is 6.10 Å². The molecule has 3 rings (SSSR count). The average Bonchev–Trinajstić information content (AvgIpc) is 2.68. The normalized spacial score (nSPS) is 16.9. The molecule has 1 aliphatic rings. The van der Waals surface area contributed by atoms with Crippen LogP contribution < -0.4 is 5.32 Å². The van der Waals surface area contributed by atoms with E-state index in [1.165, 1.54) is 19.1 Å². The monoisotopic (exact) mass is 366 g/mol. The van der Waals surface area contributed by atoms with Gasteiger partial charge in [-0.25, -0.2) is 4.79 Å². The molecule has 2 N–H and O–H groups in total. The number of fused-ring (bicyclic) bond motifs is 1. The molecule has 1 fully saturated rings. The summed E-state index contributed by atoms with van der Waals surface area (Å²) in [6.45, 7) is 1.46. The lowest BCUT2D eigenvalue weighted by Crippen LogP contribution is -2.52. The Morgan fingerprint density at radius 1 is 1.19 bits per heavy atom. The van der Waals surface area contributed by atoms with Gasteiger partial charge in [-0.15, -0.1) is 0 Å². The van der Waals surface area contributed by atoms with E-state index in [4.69, 9.17) is 4.74 Å². The molecule has 1 amide bonds. The molecule has 0 aliphatic heterocycles. The van der Waals surface area contributed by atoms with Gasteiger partial charge in [-0.2, -0.15) is 5.26 Å². The van der Waals surface area contributed by atoms with E-state index in [2.05, 4.69) is 11.4 Å². The van der Waals surface area contributed by atoms with Crippen LogP contribution in [0.25, 0.3) is 10.8 Å². The van der Waals surface area contributed by atoms with Crippen LogP contribution in [0.4, 0.5) is 0 Å². The van der Waals surface area contributed by atoms with E-state index in [0.29, 0.717) is 12.8 Å². The predicted molar refractivity (Wildman–Crippen MR) is 100 cm³/mol. The molecule has 0 radical (unpaired) electrons. The number of carbonyl (C=O) groups excluding carboxylic acids is 2. The highest BCUT2D eigenvalue weighted by Crippen LogP contribution is 2.28. The molecular weight excluding hydrogens is 344 g/mol. The maximum absolute atomic E-state index is 12.4. The topological polar surface area (TPSA) is 99.4 Å². The molecule has 0 spiro atoms. The second-order valence-electron chi connectivity index (χ2n) is 7.01. The molecule has 6 heteroatoms. The molecule has 140 valence electrons. The SMILES string of the molecule is C[C@H](OC(=O)c1cc2ccccc2cc1O)C(=O)NC1(C#N)CCCCC1.